The molecule has 1 atom stereocenters. The van der Waals surface area contributed by atoms with E-state index in [0.717, 1.165) is 43.2 Å². The smallest absolute Gasteiger partial charge is 0.233 e. The first-order valence-corrected chi connectivity index (χ1v) is 11.3. The highest BCUT2D eigenvalue weighted by Gasteiger charge is 2.33. The van der Waals surface area contributed by atoms with Crippen LogP contribution in [0.25, 0.3) is 0 Å². The molecule has 4 rings (SSSR count). The summed E-state index contributed by atoms with van der Waals surface area (Å²) >= 11 is 7.64. The molecule has 0 saturated carbocycles. The number of amides is 1. The number of halogens is 1. The molecule has 0 aliphatic carbocycles. The first-order valence-electron chi connectivity index (χ1n) is 9.86. The van der Waals surface area contributed by atoms with Crippen LogP contribution in [-0.4, -0.2) is 47.6 Å². The van der Waals surface area contributed by atoms with E-state index >= 15 is 0 Å². The number of rotatable bonds is 6. The van der Waals surface area contributed by atoms with Crippen LogP contribution in [0.15, 0.2) is 48.5 Å². The van der Waals surface area contributed by atoms with Crippen molar-refractivity contribution in [3.8, 4) is 11.5 Å². The van der Waals surface area contributed by atoms with Gasteiger partial charge in [0.1, 0.15) is 16.9 Å². The number of benzene rings is 2. The van der Waals surface area contributed by atoms with E-state index in [-0.39, 0.29) is 11.3 Å². The SMILES string of the molecule is O=C1CSC(c2cccc(Oc3ccc(Cl)cc3)c2)N1CCN1CCCCC1. The maximum absolute atomic E-state index is 12.5. The number of piperidine rings is 1. The van der Waals surface area contributed by atoms with Gasteiger partial charge in [0, 0.05) is 18.1 Å². The molecule has 6 heteroatoms. The third-order valence-electron chi connectivity index (χ3n) is 5.27. The van der Waals surface area contributed by atoms with E-state index < -0.39 is 0 Å². The summed E-state index contributed by atoms with van der Waals surface area (Å²) in [6, 6.07) is 15.4. The zero-order valence-electron chi connectivity index (χ0n) is 15.9. The van der Waals surface area contributed by atoms with Gasteiger partial charge in [-0.2, -0.15) is 0 Å². The van der Waals surface area contributed by atoms with Gasteiger partial charge in [-0.25, -0.2) is 0 Å². The lowest BCUT2D eigenvalue weighted by Gasteiger charge is -2.30. The molecule has 2 fully saturated rings. The number of hydrogen-bond acceptors (Lipinski definition) is 4. The van der Waals surface area contributed by atoms with Gasteiger partial charge in [0.15, 0.2) is 0 Å². The summed E-state index contributed by atoms with van der Waals surface area (Å²) in [5.74, 6) is 2.30. The standard InChI is InChI=1S/C22H25ClN2O2S/c23-18-7-9-19(10-8-18)27-20-6-4-5-17(15-20)22-25(21(26)16-28-22)14-13-24-11-2-1-3-12-24/h4-10,15,22H,1-3,11-14,16H2. The Kier molecular flexibility index (Phi) is 6.45. The molecule has 28 heavy (non-hydrogen) atoms. The minimum Gasteiger partial charge on any atom is -0.457 e. The maximum Gasteiger partial charge on any atom is 0.233 e. The van der Waals surface area contributed by atoms with Crippen LogP contribution in [0.4, 0.5) is 0 Å². The number of carbonyl (C=O) groups excluding carboxylic acids is 1. The average Bonchev–Trinajstić information content (AvgIpc) is 3.10. The Morgan fingerprint density at radius 2 is 1.79 bits per heavy atom. The number of ether oxygens (including phenoxy) is 1. The number of thioether (sulfide) groups is 1. The van der Waals surface area contributed by atoms with Crippen molar-refractivity contribution < 1.29 is 9.53 Å². The van der Waals surface area contributed by atoms with E-state index in [1.165, 1.54) is 19.3 Å². The summed E-state index contributed by atoms with van der Waals surface area (Å²) in [5, 5.41) is 0.748. The Bertz CT molecular complexity index is 808. The monoisotopic (exact) mass is 416 g/mol. The molecule has 0 spiro atoms. The Balaban J connectivity index is 1.44. The predicted octanol–water partition coefficient (Wildman–Crippen LogP) is 5.19. The summed E-state index contributed by atoms with van der Waals surface area (Å²) < 4.78 is 5.97. The Morgan fingerprint density at radius 3 is 2.57 bits per heavy atom. The van der Waals surface area contributed by atoms with Crippen molar-refractivity contribution in [1.82, 2.24) is 9.80 Å². The molecule has 0 bridgehead atoms. The van der Waals surface area contributed by atoms with Crippen molar-refractivity contribution in [2.24, 2.45) is 0 Å². The maximum atomic E-state index is 12.5. The molecule has 1 unspecified atom stereocenters. The van der Waals surface area contributed by atoms with Gasteiger partial charge in [0.05, 0.1) is 5.75 Å². The largest absolute Gasteiger partial charge is 0.457 e. The second kappa shape index (κ2) is 9.21. The van der Waals surface area contributed by atoms with Crippen LogP contribution in [0.3, 0.4) is 0 Å². The van der Waals surface area contributed by atoms with Gasteiger partial charge in [0.25, 0.3) is 0 Å². The molecule has 2 aliphatic rings. The van der Waals surface area contributed by atoms with Crippen molar-refractivity contribution in [3.05, 3.63) is 59.1 Å². The molecule has 2 aromatic rings. The minimum atomic E-state index is 0.0612. The molecule has 0 N–H and O–H groups in total. The molecule has 4 nitrogen and oxygen atoms in total. The second-order valence-corrected chi connectivity index (χ2v) is 8.79. The zero-order chi connectivity index (χ0) is 19.3. The molecule has 1 amide bonds. The average molecular weight is 417 g/mol. The fourth-order valence-electron chi connectivity index (χ4n) is 3.77. The third kappa shape index (κ3) is 4.83. The summed E-state index contributed by atoms with van der Waals surface area (Å²) in [6.07, 6.45) is 3.88. The molecule has 2 aromatic carbocycles. The quantitative estimate of drug-likeness (QED) is 0.648. The number of likely N-dealkylation sites (tertiary alicyclic amines) is 1. The van der Waals surface area contributed by atoms with E-state index in [1.807, 2.05) is 47.4 Å². The highest BCUT2D eigenvalue weighted by atomic mass is 35.5. The van der Waals surface area contributed by atoms with Crippen LogP contribution in [0.1, 0.15) is 30.2 Å². The van der Waals surface area contributed by atoms with Crippen molar-refractivity contribution >= 4 is 29.3 Å². The summed E-state index contributed by atoms with van der Waals surface area (Å²) in [4.78, 5) is 17.0. The second-order valence-electron chi connectivity index (χ2n) is 7.28. The van der Waals surface area contributed by atoms with Gasteiger partial charge in [-0.1, -0.05) is 30.2 Å². The first kappa shape index (κ1) is 19.6. The van der Waals surface area contributed by atoms with Gasteiger partial charge in [-0.05, 0) is 67.9 Å². The van der Waals surface area contributed by atoms with E-state index in [0.29, 0.717) is 10.8 Å². The molecule has 0 aromatic heterocycles. The highest BCUT2D eigenvalue weighted by molar-refractivity contribution is 8.00. The van der Waals surface area contributed by atoms with Crippen molar-refractivity contribution in [2.75, 3.05) is 31.9 Å². The third-order valence-corrected chi connectivity index (χ3v) is 6.77. The molecule has 2 saturated heterocycles. The number of hydrogen-bond donors (Lipinski definition) is 0. The van der Waals surface area contributed by atoms with Crippen molar-refractivity contribution in [3.63, 3.8) is 0 Å². The van der Waals surface area contributed by atoms with Crippen LogP contribution in [0.5, 0.6) is 11.5 Å². The van der Waals surface area contributed by atoms with E-state index in [2.05, 4.69) is 11.0 Å². The summed E-state index contributed by atoms with van der Waals surface area (Å²) in [5.41, 5.74) is 1.11. The Morgan fingerprint density at radius 1 is 1.00 bits per heavy atom. The van der Waals surface area contributed by atoms with Crippen LogP contribution in [-0.2, 0) is 4.79 Å². The van der Waals surface area contributed by atoms with Gasteiger partial charge in [0.2, 0.25) is 5.91 Å². The fraction of sp³-hybridized carbons (Fsp3) is 0.409. The zero-order valence-corrected chi connectivity index (χ0v) is 17.4. The van der Waals surface area contributed by atoms with Crippen molar-refractivity contribution in [1.29, 1.82) is 0 Å². The van der Waals surface area contributed by atoms with Gasteiger partial charge in [-0.15, -0.1) is 11.8 Å². The predicted molar refractivity (Wildman–Crippen MR) is 115 cm³/mol. The molecule has 2 aliphatic heterocycles. The lowest BCUT2D eigenvalue weighted by atomic mass is 10.1. The van der Waals surface area contributed by atoms with E-state index in [4.69, 9.17) is 16.3 Å². The van der Waals surface area contributed by atoms with Crippen LogP contribution >= 0.6 is 23.4 Å². The first-order chi connectivity index (χ1) is 13.7. The summed E-state index contributed by atoms with van der Waals surface area (Å²) in [6.45, 7) is 4.07. The molecular formula is C22H25ClN2O2S. The number of carbonyl (C=O) groups is 1. The van der Waals surface area contributed by atoms with E-state index in [9.17, 15) is 4.79 Å². The van der Waals surface area contributed by atoms with Gasteiger partial charge >= 0.3 is 0 Å². The molecular weight excluding hydrogens is 392 g/mol. The highest BCUT2D eigenvalue weighted by Crippen LogP contribution is 2.39. The van der Waals surface area contributed by atoms with Crippen molar-refractivity contribution in [2.45, 2.75) is 24.6 Å². The molecule has 2 heterocycles. The molecule has 0 radical (unpaired) electrons. The lowest BCUT2D eigenvalue weighted by molar-refractivity contribution is -0.128. The van der Waals surface area contributed by atoms with Crippen LogP contribution in [0, 0.1) is 0 Å². The fourth-order valence-corrected chi connectivity index (χ4v) is 5.11. The van der Waals surface area contributed by atoms with E-state index in [1.54, 1.807) is 11.8 Å². The number of nitrogens with zero attached hydrogens (tertiary/aromatic N) is 2. The summed E-state index contributed by atoms with van der Waals surface area (Å²) in [7, 11) is 0. The lowest BCUT2D eigenvalue weighted by Crippen LogP contribution is -2.39. The minimum absolute atomic E-state index is 0.0612. The Labute approximate surface area is 175 Å². The van der Waals surface area contributed by atoms with Gasteiger partial charge in [-0.3, -0.25) is 4.79 Å². The molecule has 148 valence electrons. The normalized spacial score (nSPS) is 20.5. The topological polar surface area (TPSA) is 32.8 Å². The van der Waals surface area contributed by atoms with Crippen LogP contribution < -0.4 is 4.74 Å². The Hall–Kier alpha value is -1.69. The van der Waals surface area contributed by atoms with Gasteiger partial charge < -0.3 is 14.5 Å². The van der Waals surface area contributed by atoms with Crippen LogP contribution in [0.2, 0.25) is 5.02 Å².